The summed E-state index contributed by atoms with van der Waals surface area (Å²) in [5.74, 6) is 0.132. The highest BCUT2D eigenvalue weighted by Gasteiger charge is 2.32. The number of nitrogens with zero attached hydrogens (tertiary/aromatic N) is 2. The molecule has 0 spiro atoms. The number of nitrogen functional groups attached to an aromatic ring is 1. The van der Waals surface area contributed by atoms with E-state index in [1.54, 1.807) is 6.20 Å². The molecule has 3 N–H and O–H groups in total. The van der Waals surface area contributed by atoms with Gasteiger partial charge in [-0.25, -0.2) is 9.97 Å². The minimum absolute atomic E-state index is 0.0179. The molecule has 0 unspecified atom stereocenters. The number of nitrogens with one attached hydrogen (secondary N) is 1. The Hall–Kier alpha value is -1.40. The molecule has 1 aromatic heterocycles. The standard InChI is InChI=1S/C10H16N4O2/c1-10(2)15-5-7(16-10)3-13-9-8(11)4-12-6-14-9/h4,6-7H,3,5,11H2,1-2H3,(H,12,13,14)/t7-/m1/s1. The Morgan fingerprint density at radius 1 is 1.62 bits per heavy atom. The average molecular weight is 224 g/mol. The number of ether oxygens (including phenoxy) is 2. The third-order valence-electron chi connectivity index (χ3n) is 2.31. The Balaban J connectivity index is 1.87. The van der Waals surface area contributed by atoms with Crippen molar-refractivity contribution in [2.24, 2.45) is 0 Å². The lowest BCUT2D eigenvalue weighted by molar-refractivity contribution is -0.136. The van der Waals surface area contributed by atoms with Crippen LogP contribution in [0.2, 0.25) is 0 Å². The zero-order valence-electron chi connectivity index (χ0n) is 9.43. The summed E-state index contributed by atoms with van der Waals surface area (Å²) in [7, 11) is 0. The smallest absolute Gasteiger partial charge is 0.163 e. The average Bonchev–Trinajstić information content (AvgIpc) is 2.57. The SMILES string of the molecule is CC1(C)OC[C@@H](CNc2ncncc2N)O1. The lowest BCUT2D eigenvalue weighted by Crippen LogP contribution is -2.26. The molecule has 1 atom stereocenters. The quantitative estimate of drug-likeness (QED) is 0.783. The van der Waals surface area contributed by atoms with Crippen molar-refractivity contribution in [3.8, 4) is 0 Å². The van der Waals surface area contributed by atoms with Gasteiger partial charge in [0.2, 0.25) is 0 Å². The third-order valence-corrected chi connectivity index (χ3v) is 2.31. The first kappa shape index (κ1) is 11.1. The van der Waals surface area contributed by atoms with E-state index < -0.39 is 5.79 Å². The number of hydrogen-bond donors (Lipinski definition) is 2. The fraction of sp³-hybridized carbons (Fsp3) is 0.600. The molecular formula is C10H16N4O2. The number of anilines is 2. The minimum Gasteiger partial charge on any atom is -0.394 e. The van der Waals surface area contributed by atoms with Crippen molar-refractivity contribution in [2.45, 2.75) is 25.7 Å². The van der Waals surface area contributed by atoms with E-state index in [9.17, 15) is 0 Å². The van der Waals surface area contributed by atoms with Gasteiger partial charge in [0, 0.05) is 6.54 Å². The maximum Gasteiger partial charge on any atom is 0.163 e. The molecule has 1 aliphatic rings. The van der Waals surface area contributed by atoms with E-state index in [1.807, 2.05) is 13.8 Å². The van der Waals surface area contributed by atoms with E-state index in [2.05, 4.69) is 15.3 Å². The van der Waals surface area contributed by atoms with Gasteiger partial charge in [0.1, 0.15) is 12.4 Å². The molecule has 0 aliphatic carbocycles. The van der Waals surface area contributed by atoms with Crippen molar-refractivity contribution in [3.63, 3.8) is 0 Å². The second kappa shape index (κ2) is 4.23. The first-order chi connectivity index (χ1) is 7.57. The highest BCUT2D eigenvalue weighted by Crippen LogP contribution is 2.22. The first-order valence-electron chi connectivity index (χ1n) is 5.18. The number of aromatic nitrogens is 2. The fourth-order valence-corrected chi connectivity index (χ4v) is 1.56. The van der Waals surface area contributed by atoms with Crippen molar-refractivity contribution in [1.29, 1.82) is 0 Å². The van der Waals surface area contributed by atoms with Crippen LogP contribution in [0.3, 0.4) is 0 Å². The van der Waals surface area contributed by atoms with E-state index in [0.717, 1.165) is 0 Å². The predicted octanol–water partition coefficient (Wildman–Crippen LogP) is 0.622. The second-order valence-electron chi connectivity index (χ2n) is 4.16. The summed E-state index contributed by atoms with van der Waals surface area (Å²) in [6, 6.07) is 0. The van der Waals surface area contributed by atoms with Crippen LogP contribution >= 0.6 is 0 Å². The molecule has 0 saturated carbocycles. The predicted molar refractivity (Wildman–Crippen MR) is 59.8 cm³/mol. The summed E-state index contributed by atoms with van der Waals surface area (Å²) < 4.78 is 11.1. The zero-order chi connectivity index (χ0) is 11.6. The van der Waals surface area contributed by atoms with Crippen LogP contribution in [0.4, 0.5) is 11.5 Å². The molecular weight excluding hydrogens is 208 g/mol. The van der Waals surface area contributed by atoms with Crippen LogP contribution < -0.4 is 11.1 Å². The molecule has 0 radical (unpaired) electrons. The summed E-state index contributed by atoms with van der Waals surface area (Å²) in [4.78, 5) is 7.85. The van der Waals surface area contributed by atoms with Crippen molar-refractivity contribution >= 4 is 11.5 Å². The van der Waals surface area contributed by atoms with Crippen LogP contribution in [0.15, 0.2) is 12.5 Å². The summed E-state index contributed by atoms with van der Waals surface area (Å²) in [5.41, 5.74) is 6.23. The van der Waals surface area contributed by atoms with Crippen LogP contribution in [0, 0.1) is 0 Å². The summed E-state index contributed by atoms with van der Waals surface area (Å²) in [5, 5.41) is 3.11. The van der Waals surface area contributed by atoms with E-state index >= 15 is 0 Å². The van der Waals surface area contributed by atoms with Gasteiger partial charge in [-0.15, -0.1) is 0 Å². The zero-order valence-corrected chi connectivity index (χ0v) is 9.43. The third kappa shape index (κ3) is 2.59. The van der Waals surface area contributed by atoms with Crippen LogP contribution in [-0.2, 0) is 9.47 Å². The van der Waals surface area contributed by atoms with Gasteiger partial charge in [-0.1, -0.05) is 0 Å². The maximum atomic E-state index is 5.70. The van der Waals surface area contributed by atoms with Gasteiger partial charge >= 0.3 is 0 Å². The molecule has 2 heterocycles. The number of rotatable bonds is 3. The van der Waals surface area contributed by atoms with Gasteiger partial charge < -0.3 is 20.5 Å². The van der Waals surface area contributed by atoms with Crippen molar-refractivity contribution in [2.75, 3.05) is 24.2 Å². The minimum atomic E-state index is -0.496. The van der Waals surface area contributed by atoms with Gasteiger partial charge in [-0.3, -0.25) is 0 Å². The van der Waals surface area contributed by atoms with Gasteiger partial charge in [-0.05, 0) is 13.8 Å². The molecule has 1 aromatic rings. The highest BCUT2D eigenvalue weighted by molar-refractivity contribution is 5.58. The molecule has 16 heavy (non-hydrogen) atoms. The van der Waals surface area contributed by atoms with Gasteiger partial charge in [0.15, 0.2) is 11.6 Å². The lowest BCUT2D eigenvalue weighted by Gasteiger charge is -2.17. The fourth-order valence-electron chi connectivity index (χ4n) is 1.56. The summed E-state index contributed by atoms with van der Waals surface area (Å²) >= 11 is 0. The van der Waals surface area contributed by atoms with Crippen LogP contribution in [0.25, 0.3) is 0 Å². The molecule has 6 nitrogen and oxygen atoms in total. The monoisotopic (exact) mass is 224 g/mol. The Bertz CT molecular complexity index is 370. The van der Waals surface area contributed by atoms with Crippen LogP contribution in [0.1, 0.15) is 13.8 Å². The lowest BCUT2D eigenvalue weighted by atomic mass is 10.3. The first-order valence-corrected chi connectivity index (χ1v) is 5.18. The van der Waals surface area contributed by atoms with Gasteiger partial charge in [0.05, 0.1) is 18.5 Å². The van der Waals surface area contributed by atoms with E-state index in [4.69, 9.17) is 15.2 Å². The molecule has 1 aliphatic heterocycles. The molecule has 0 amide bonds. The van der Waals surface area contributed by atoms with Gasteiger partial charge in [-0.2, -0.15) is 0 Å². The largest absolute Gasteiger partial charge is 0.394 e. The topological polar surface area (TPSA) is 82.3 Å². The van der Waals surface area contributed by atoms with E-state index in [-0.39, 0.29) is 6.10 Å². The highest BCUT2D eigenvalue weighted by atomic mass is 16.7. The van der Waals surface area contributed by atoms with E-state index in [1.165, 1.54) is 6.33 Å². The van der Waals surface area contributed by atoms with Crippen LogP contribution in [0.5, 0.6) is 0 Å². The number of nitrogens with two attached hydrogens (primary N) is 1. The maximum absolute atomic E-state index is 5.70. The molecule has 88 valence electrons. The Kier molecular flexibility index (Phi) is 2.93. The Labute approximate surface area is 94.2 Å². The van der Waals surface area contributed by atoms with Crippen molar-refractivity contribution < 1.29 is 9.47 Å². The van der Waals surface area contributed by atoms with Crippen LogP contribution in [-0.4, -0.2) is 35.0 Å². The van der Waals surface area contributed by atoms with Gasteiger partial charge in [0.25, 0.3) is 0 Å². The molecule has 0 bridgehead atoms. The molecule has 1 saturated heterocycles. The van der Waals surface area contributed by atoms with E-state index in [0.29, 0.717) is 24.7 Å². The Morgan fingerprint density at radius 3 is 3.06 bits per heavy atom. The molecule has 1 fully saturated rings. The normalized spacial score (nSPS) is 23.2. The van der Waals surface area contributed by atoms with Crippen molar-refractivity contribution in [3.05, 3.63) is 12.5 Å². The number of hydrogen-bond acceptors (Lipinski definition) is 6. The molecule has 0 aromatic carbocycles. The summed E-state index contributed by atoms with van der Waals surface area (Å²) in [6.45, 7) is 4.98. The molecule has 2 rings (SSSR count). The van der Waals surface area contributed by atoms with Crippen molar-refractivity contribution in [1.82, 2.24) is 9.97 Å². The summed E-state index contributed by atoms with van der Waals surface area (Å²) in [6.07, 6.45) is 3.03. The second-order valence-corrected chi connectivity index (χ2v) is 4.16. The Morgan fingerprint density at radius 2 is 2.44 bits per heavy atom. The molecule has 6 heteroatoms.